The predicted octanol–water partition coefficient (Wildman–Crippen LogP) is 2.16. The van der Waals surface area contributed by atoms with E-state index in [-0.39, 0.29) is 11.8 Å². The summed E-state index contributed by atoms with van der Waals surface area (Å²) >= 11 is 5.81. The summed E-state index contributed by atoms with van der Waals surface area (Å²) in [4.78, 5) is 23.1. The van der Waals surface area contributed by atoms with Crippen molar-refractivity contribution in [1.29, 1.82) is 0 Å². The monoisotopic (exact) mass is 379 g/mol. The first-order valence-corrected chi connectivity index (χ1v) is 8.97. The summed E-state index contributed by atoms with van der Waals surface area (Å²) in [7, 11) is 1.64. The minimum absolute atomic E-state index is 0.0316. The second kappa shape index (κ2) is 9.07. The summed E-state index contributed by atoms with van der Waals surface area (Å²) in [5.74, 6) is 1.59. The Bertz CT molecular complexity index is 721. The first-order chi connectivity index (χ1) is 12.6. The van der Waals surface area contributed by atoms with Crippen molar-refractivity contribution in [2.24, 2.45) is 5.92 Å². The molecule has 1 unspecified atom stereocenters. The van der Waals surface area contributed by atoms with Crippen LogP contribution in [0, 0.1) is 5.92 Å². The molecule has 0 bridgehead atoms. The normalized spacial score (nSPS) is 18.0. The molecule has 1 amide bonds. The lowest BCUT2D eigenvalue weighted by atomic mass is 9.97. The molecule has 1 atom stereocenters. The maximum Gasteiger partial charge on any atom is 0.240 e. The summed E-state index contributed by atoms with van der Waals surface area (Å²) in [5.41, 5.74) is 0. The molecule has 0 radical (unpaired) electrons. The lowest BCUT2D eigenvalue weighted by Crippen LogP contribution is -2.40. The largest absolute Gasteiger partial charge is 0.384 e. The fourth-order valence-electron chi connectivity index (χ4n) is 2.93. The lowest BCUT2D eigenvalue weighted by molar-refractivity contribution is -0.121. The number of ether oxygens (including phenoxy) is 1. The van der Waals surface area contributed by atoms with Crippen LogP contribution in [0.3, 0.4) is 0 Å². The number of piperidine rings is 1. The molecule has 8 nitrogen and oxygen atoms in total. The number of aromatic nitrogens is 3. The molecule has 1 fully saturated rings. The fourth-order valence-corrected chi connectivity index (χ4v) is 3.04. The average Bonchev–Trinajstić information content (AvgIpc) is 3.09. The van der Waals surface area contributed by atoms with Gasteiger partial charge < -0.3 is 14.6 Å². The van der Waals surface area contributed by atoms with Gasteiger partial charge >= 0.3 is 0 Å². The van der Waals surface area contributed by atoms with Crippen LogP contribution in [0.2, 0.25) is 5.02 Å². The molecule has 1 saturated heterocycles. The number of anilines is 1. The van der Waals surface area contributed by atoms with Crippen molar-refractivity contribution in [2.75, 3.05) is 32.1 Å². The minimum Gasteiger partial charge on any atom is -0.384 e. The van der Waals surface area contributed by atoms with Gasteiger partial charge in [0, 0.05) is 26.3 Å². The second-order valence-corrected chi connectivity index (χ2v) is 6.71. The molecule has 0 saturated carbocycles. The van der Waals surface area contributed by atoms with Crippen LogP contribution in [0.4, 0.5) is 5.82 Å². The van der Waals surface area contributed by atoms with Gasteiger partial charge in [0.25, 0.3) is 0 Å². The fraction of sp³-hybridized carbons (Fsp3) is 0.529. The number of hydrogen-bond acceptors (Lipinski definition) is 7. The van der Waals surface area contributed by atoms with Crippen molar-refractivity contribution in [3.8, 4) is 0 Å². The molecule has 2 aromatic rings. The molecule has 140 valence electrons. The van der Waals surface area contributed by atoms with E-state index >= 15 is 0 Å². The third kappa shape index (κ3) is 5.23. The Balaban J connectivity index is 1.52. The number of carbonyl (C=O) groups is 1. The Morgan fingerprint density at radius 2 is 2.38 bits per heavy atom. The number of nitrogens with one attached hydrogen (secondary N) is 1. The van der Waals surface area contributed by atoms with Crippen LogP contribution in [0.1, 0.15) is 24.6 Å². The smallest absolute Gasteiger partial charge is 0.240 e. The van der Waals surface area contributed by atoms with Crippen LogP contribution in [0.25, 0.3) is 0 Å². The third-order valence-corrected chi connectivity index (χ3v) is 4.48. The van der Waals surface area contributed by atoms with E-state index in [2.05, 4.69) is 25.3 Å². The molecule has 1 aliphatic heterocycles. The summed E-state index contributed by atoms with van der Waals surface area (Å²) < 4.78 is 10.3. The van der Waals surface area contributed by atoms with Crippen molar-refractivity contribution in [1.82, 2.24) is 20.0 Å². The number of amides is 1. The Morgan fingerprint density at radius 3 is 3.15 bits per heavy atom. The van der Waals surface area contributed by atoms with E-state index in [1.165, 1.54) is 6.20 Å². The van der Waals surface area contributed by atoms with Crippen molar-refractivity contribution in [3.05, 3.63) is 35.1 Å². The highest BCUT2D eigenvalue weighted by molar-refractivity contribution is 6.30. The number of hydrogen-bond donors (Lipinski definition) is 1. The number of likely N-dealkylation sites (tertiary alicyclic amines) is 1. The van der Waals surface area contributed by atoms with Gasteiger partial charge in [-0.15, -0.1) is 0 Å². The zero-order valence-corrected chi connectivity index (χ0v) is 15.4. The van der Waals surface area contributed by atoms with Gasteiger partial charge in [0.2, 0.25) is 11.8 Å². The number of pyridine rings is 1. The van der Waals surface area contributed by atoms with E-state index in [4.69, 9.17) is 20.9 Å². The van der Waals surface area contributed by atoms with Gasteiger partial charge in [-0.1, -0.05) is 16.8 Å². The molecule has 0 aromatic carbocycles. The van der Waals surface area contributed by atoms with Crippen molar-refractivity contribution in [2.45, 2.75) is 25.8 Å². The van der Waals surface area contributed by atoms with Crippen LogP contribution in [-0.4, -0.2) is 52.7 Å². The molecule has 2 aromatic heterocycles. The third-order valence-electron chi connectivity index (χ3n) is 4.25. The number of methoxy groups -OCH3 is 1. The summed E-state index contributed by atoms with van der Waals surface area (Å²) in [6.07, 6.45) is 3.93. The van der Waals surface area contributed by atoms with Gasteiger partial charge in [-0.3, -0.25) is 9.69 Å². The molecule has 3 rings (SSSR count). The number of nitrogens with zero attached hydrogens (tertiary/aromatic N) is 4. The van der Waals surface area contributed by atoms with E-state index in [0.29, 0.717) is 48.7 Å². The van der Waals surface area contributed by atoms with E-state index in [1.54, 1.807) is 19.2 Å². The average molecular weight is 380 g/mol. The van der Waals surface area contributed by atoms with Crippen LogP contribution >= 0.6 is 11.6 Å². The van der Waals surface area contributed by atoms with Gasteiger partial charge in [-0.25, -0.2) is 4.98 Å². The van der Waals surface area contributed by atoms with E-state index in [1.807, 2.05) is 0 Å². The van der Waals surface area contributed by atoms with Crippen LogP contribution in [0.15, 0.2) is 22.9 Å². The maximum atomic E-state index is 12.5. The Kier molecular flexibility index (Phi) is 6.54. The van der Waals surface area contributed by atoms with Gasteiger partial charge in [-0.05, 0) is 31.5 Å². The zero-order chi connectivity index (χ0) is 18.4. The molecule has 1 N–H and O–H groups in total. The maximum absolute atomic E-state index is 12.5. The van der Waals surface area contributed by atoms with Crippen molar-refractivity contribution < 1.29 is 14.1 Å². The molecule has 9 heteroatoms. The predicted molar refractivity (Wildman–Crippen MR) is 95.8 cm³/mol. The molecule has 0 spiro atoms. The second-order valence-electron chi connectivity index (χ2n) is 6.27. The topological polar surface area (TPSA) is 93.4 Å². The van der Waals surface area contributed by atoms with Crippen molar-refractivity contribution >= 4 is 23.3 Å². The first kappa shape index (κ1) is 18.8. The number of halogens is 1. The lowest BCUT2D eigenvalue weighted by Gasteiger charge is -2.30. The SMILES string of the molecule is COCCc1noc(CN2CCCC(C(=O)Nc3ccc(Cl)cn3)C2)n1. The van der Waals surface area contributed by atoms with Gasteiger partial charge in [0.1, 0.15) is 5.82 Å². The first-order valence-electron chi connectivity index (χ1n) is 8.59. The zero-order valence-electron chi connectivity index (χ0n) is 14.7. The summed E-state index contributed by atoms with van der Waals surface area (Å²) in [5, 5.41) is 7.33. The van der Waals surface area contributed by atoms with E-state index in [9.17, 15) is 4.79 Å². The molecular weight excluding hydrogens is 358 g/mol. The highest BCUT2D eigenvalue weighted by Gasteiger charge is 2.27. The van der Waals surface area contributed by atoms with Crippen molar-refractivity contribution in [3.63, 3.8) is 0 Å². The molecule has 3 heterocycles. The van der Waals surface area contributed by atoms with Gasteiger partial charge in [-0.2, -0.15) is 4.98 Å². The molecular formula is C17H22ClN5O3. The molecule has 0 aliphatic carbocycles. The Hall–Kier alpha value is -2.03. The standard InChI is InChI=1S/C17H22ClN5O3/c1-25-8-6-15-20-16(26-22-15)11-23-7-2-3-12(10-23)17(24)21-14-5-4-13(18)9-19-14/h4-5,9,12H,2-3,6-8,10-11H2,1H3,(H,19,21,24). The van der Waals surface area contributed by atoms with Gasteiger partial charge in [0.05, 0.1) is 24.1 Å². The number of rotatable bonds is 7. The highest BCUT2D eigenvalue weighted by atomic mass is 35.5. The highest BCUT2D eigenvalue weighted by Crippen LogP contribution is 2.20. The van der Waals surface area contributed by atoms with Gasteiger partial charge in [0.15, 0.2) is 5.82 Å². The minimum atomic E-state index is -0.0999. The molecule has 26 heavy (non-hydrogen) atoms. The van der Waals surface area contributed by atoms with Crippen LogP contribution < -0.4 is 5.32 Å². The quantitative estimate of drug-likeness (QED) is 0.787. The molecule has 1 aliphatic rings. The Labute approximate surface area is 156 Å². The summed E-state index contributed by atoms with van der Waals surface area (Å²) in [6, 6.07) is 3.40. The van der Waals surface area contributed by atoms with E-state index < -0.39 is 0 Å². The summed E-state index contributed by atoms with van der Waals surface area (Å²) in [6.45, 7) is 2.65. The van der Waals surface area contributed by atoms with Crippen LogP contribution in [-0.2, 0) is 22.5 Å². The number of carbonyl (C=O) groups excluding carboxylic acids is 1. The van der Waals surface area contributed by atoms with E-state index in [0.717, 1.165) is 19.4 Å². The van der Waals surface area contributed by atoms with Crippen LogP contribution in [0.5, 0.6) is 0 Å². The Morgan fingerprint density at radius 1 is 1.50 bits per heavy atom.